The van der Waals surface area contributed by atoms with E-state index in [0.717, 1.165) is 31.4 Å². The van der Waals surface area contributed by atoms with Crippen molar-refractivity contribution in [2.24, 2.45) is 0 Å². The van der Waals surface area contributed by atoms with Crippen molar-refractivity contribution in [3.8, 4) is 0 Å². The number of carbonyl (C=O) groups excluding carboxylic acids is 1. The molecule has 0 N–H and O–H groups in total. The van der Waals surface area contributed by atoms with Gasteiger partial charge in [-0.25, -0.2) is 0 Å². The zero-order valence-corrected chi connectivity index (χ0v) is 8.53. The maximum Gasteiger partial charge on any atom is 0.315 e. The lowest BCUT2D eigenvalue weighted by atomic mass is 10.3. The van der Waals surface area contributed by atoms with Gasteiger partial charge in [-0.3, -0.25) is 4.79 Å². The molecule has 0 bridgehead atoms. The van der Waals surface area contributed by atoms with Crippen molar-refractivity contribution in [2.45, 2.75) is 38.7 Å². The van der Waals surface area contributed by atoms with Crippen molar-refractivity contribution in [1.82, 2.24) is 0 Å². The van der Waals surface area contributed by atoms with Crippen molar-refractivity contribution in [1.29, 1.82) is 0 Å². The van der Waals surface area contributed by atoms with E-state index in [4.69, 9.17) is 4.74 Å². The van der Waals surface area contributed by atoms with Crippen molar-refractivity contribution in [3.05, 3.63) is 11.5 Å². The van der Waals surface area contributed by atoms with Crippen molar-refractivity contribution >= 4 is 12.5 Å². The van der Waals surface area contributed by atoms with Gasteiger partial charge in [0.05, 0.1) is 6.10 Å². The largest absolute Gasteiger partial charge is 0.481 e. The van der Waals surface area contributed by atoms with Gasteiger partial charge in [-0.1, -0.05) is 0 Å². The summed E-state index contributed by atoms with van der Waals surface area (Å²) in [4.78, 5) is 10.8. The van der Waals surface area contributed by atoms with Gasteiger partial charge in [0.25, 0.3) is 0 Å². The van der Waals surface area contributed by atoms with Gasteiger partial charge in [0.2, 0.25) is 12.0 Å². The standard InChI is InChI=1S/C11H16NO2/c1-2-12-7-10(12)11(8-13)14-9-5-3-4-6-9/h7-9H,2-6H2,1H3/q+1/b11-10-. The molecule has 2 aliphatic rings. The van der Waals surface area contributed by atoms with Crippen LogP contribution in [0.15, 0.2) is 11.5 Å². The lowest BCUT2D eigenvalue weighted by Gasteiger charge is -2.09. The molecule has 1 saturated carbocycles. The summed E-state index contributed by atoms with van der Waals surface area (Å²) in [6, 6.07) is 0. The molecular weight excluding hydrogens is 178 g/mol. The molecule has 0 aromatic heterocycles. The Hall–Kier alpha value is -1.12. The highest BCUT2D eigenvalue weighted by Gasteiger charge is 2.34. The Bertz CT molecular complexity index is 298. The molecule has 14 heavy (non-hydrogen) atoms. The molecule has 3 heteroatoms. The molecular formula is C11H16NO2+. The van der Waals surface area contributed by atoms with Crippen molar-refractivity contribution in [3.63, 3.8) is 0 Å². The van der Waals surface area contributed by atoms with Gasteiger partial charge in [-0.15, -0.1) is 0 Å². The predicted molar refractivity (Wildman–Crippen MR) is 53.3 cm³/mol. The number of carbonyl (C=O) groups is 1. The summed E-state index contributed by atoms with van der Waals surface area (Å²) < 4.78 is 7.68. The van der Waals surface area contributed by atoms with Crippen LogP contribution in [0.5, 0.6) is 0 Å². The van der Waals surface area contributed by atoms with Crippen LogP contribution in [0, 0.1) is 0 Å². The second-order valence-electron chi connectivity index (χ2n) is 3.81. The topological polar surface area (TPSA) is 29.3 Å². The van der Waals surface area contributed by atoms with E-state index in [2.05, 4.69) is 6.92 Å². The van der Waals surface area contributed by atoms with E-state index < -0.39 is 0 Å². The number of hydrogen-bond acceptors (Lipinski definition) is 2. The molecule has 1 aliphatic carbocycles. The molecule has 0 unspecified atom stereocenters. The minimum absolute atomic E-state index is 0.274. The quantitative estimate of drug-likeness (QED) is 0.293. The average molecular weight is 194 g/mol. The monoisotopic (exact) mass is 194 g/mol. The minimum Gasteiger partial charge on any atom is -0.481 e. The van der Waals surface area contributed by atoms with E-state index in [1.807, 2.05) is 10.8 Å². The van der Waals surface area contributed by atoms with Crippen LogP contribution in [0.3, 0.4) is 0 Å². The Balaban J connectivity index is 1.95. The molecule has 2 rings (SSSR count). The molecule has 1 aliphatic heterocycles. The number of aldehydes is 1. The zero-order valence-electron chi connectivity index (χ0n) is 8.53. The van der Waals surface area contributed by atoms with Crippen LogP contribution in [-0.4, -0.2) is 29.7 Å². The van der Waals surface area contributed by atoms with Gasteiger partial charge < -0.3 is 4.74 Å². The van der Waals surface area contributed by atoms with Gasteiger partial charge in [-0.05, 0) is 32.6 Å². The van der Waals surface area contributed by atoms with Gasteiger partial charge in [0, 0.05) is 0 Å². The minimum atomic E-state index is 0.274. The van der Waals surface area contributed by atoms with E-state index in [1.54, 1.807) is 0 Å². The average Bonchev–Trinajstić information content (AvgIpc) is 2.82. The number of nitrogens with zero attached hydrogens (tertiary/aromatic N) is 1. The Morgan fingerprint density at radius 1 is 1.64 bits per heavy atom. The Morgan fingerprint density at radius 2 is 2.36 bits per heavy atom. The van der Waals surface area contributed by atoms with E-state index >= 15 is 0 Å². The van der Waals surface area contributed by atoms with Crippen LogP contribution < -0.4 is 0 Å². The molecule has 0 spiro atoms. The van der Waals surface area contributed by atoms with Gasteiger partial charge in [0.15, 0.2) is 6.29 Å². The van der Waals surface area contributed by atoms with Crippen LogP contribution in [-0.2, 0) is 9.53 Å². The molecule has 0 amide bonds. The lowest BCUT2D eigenvalue weighted by molar-refractivity contribution is -0.401. The summed E-state index contributed by atoms with van der Waals surface area (Å²) in [5, 5.41) is 0. The first-order chi connectivity index (χ1) is 6.85. The second-order valence-corrected chi connectivity index (χ2v) is 3.81. The van der Waals surface area contributed by atoms with Gasteiger partial charge >= 0.3 is 5.70 Å². The third-order valence-electron chi connectivity index (χ3n) is 2.82. The molecule has 3 nitrogen and oxygen atoms in total. The number of hydrogen-bond donors (Lipinski definition) is 0. The van der Waals surface area contributed by atoms with Gasteiger partial charge in [0.1, 0.15) is 6.54 Å². The van der Waals surface area contributed by atoms with E-state index in [0.29, 0.717) is 5.76 Å². The van der Waals surface area contributed by atoms with Crippen molar-refractivity contribution < 1.29 is 14.1 Å². The smallest absolute Gasteiger partial charge is 0.315 e. The highest BCUT2D eigenvalue weighted by atomic mass is 16.5. The molecule has 0 aromatic carbocycles. The number of ether oxygens (including phenoxy) is 1. The maximum absolute atomic E-state index is 10.8. The Morgan fingerprint density at radius 3 is 2.86 bits per heavy atom. The Kier molecular flexibility index (Phi) is 2.66. The SMILES string of the molecule is CC[N+]1=CC/1=C(\C=O)OC1CCCC1. The fourth-order valence-corrected chi connectivity index (χ4v) is 1.92. The molecule has 0 saturated heterocycles. The number of allylic oxidation sites excluding steroid dienone is 2. The van der Waals surface area contributed by atoms with Crippen LogP contribution in [0.4, 0.5) is 0 Å². The second kappa shape index (κ2) is 3.95. The van der Waals surface area contributed by atoms with Crippen LogP contribution in [0.2, 0.25) is 0 Å². The first kappa shape index (κ1) is 9.44. The summed E-state index contributed by atoms with van der Waals surface area (Å²) in [6.07, 6.45) is 7.71. The number of rotatable bonds is 4. The molecule has 1 heterocycles. The molecule has 0 aromatic rings. The summed E-state index contributed by atoms with van der Waals surface area (Å²) >= 11 is 0. The van der Waals surface area contributed by atoms with Crippen molar-refractivity contribution in [2.75, 3.05) is 6.54 Å². The normalized spacial score (nSPS) is 24.5. The first-order valence-electron chi connectivity index (χ1n) is 5.32. The zero-order chi connectivity index (χ0) is 9.97. The summed E-state index contributed by atoms with van der Waals surface area (Å²) in [7, 11) is 0. The van der Waals surface area contributed by atoms with E-state index in [1.165, 1.54) is 12.8 Å². The Labute approximate surface area is 84.1 Å². The fraction of sp³-hybridized carbons (Fsp3) is 0.636. The van der Waals surface area contributed by atoms with Crippen LogP contribution in [0.25, 0.3) is 0 Å². The summed E-state index contributed by atoms with van der Waals surface area (Å²) in [5.41, 5.74) is 0.967. The molecule has 0 atom stereocenters. The molecule has 76 valence electrons. The molecule has 0 radical (unpaired) electrons. The predicted octanol–water partition coefficient (Wildman–Crippen LogP) is 1.47. The van der Waals surface area contributed by atoms with E-state index in [9.17, 15) is 4.79 Å². The lowest BCUT2D eigenvalue weighted by Crippen LogP contribution is -2.09. The summed E-state index contributed by atoms with van der Waals surface area (Å²) in [6.45, 7) is 2.97. The van der Waals surface area contributed by atoms with Crippen LogP contribution >= 0.6 is 0 Å². The highest BCUT2D eigenvalue weighted by molar-refractivity contribution is 5.89. The molecule has 1 fully saturated rings. The third kappa shape index (κ3) is 1.86. The summed E-state index contributed by atoms with van der Waals surface area (Å²) in [5.74, 6) is 0.527. The highest BCUT2D eigenvalue weighted by Crippen LogP contribution is 2.25. The van der Waals surface area contributed by atoms with E-state index in [-0.39, 0.29) is 6.10 Å². The van der Waals surface area contributed by atoms with Gasteiger partial charge in [-0.2, -0.15) is 4.58 Å². The third-order valence-corrected chi connectivity index (χ3v) is 2.82. The fourth-order valence-electron chi connectivity index (χ4n) is 1.92. The van der Waals surface area contributed by atoms with Crippen LogP contribution in [0.1, 0.15) is 32.6 Å². The maximum atomic E-state index is 10.8. The first-order valence-corrected chi connectivity index (χ1v) is 5.32.